The summed E-state index contributed by atoms with van der Waals surface area (Å²) >= 11 is 0. The van der Waals surface area contributed by atoms with E-state index < -0.39 is 41.7 Å². The fraction of sp³-hybridized carbons (Fsp3) is 0.193. The third-order valence-electron chi connectivity index (χ3n) is 11.5. The second-order valence-corrected chi connectivity index (χ2v) is 16.3. The first-order valence-corrected chi connectivity index (χ1v) is 22.9. The predicted octanol–water partition coefficient (Wildman–Crippen LogP) is 10.1. The number of hydrogen-bond donors (Lipinski definition) is 4. The minimum atomic E-state index is -1.07. The number of unbranched alkanes of at least 4 members (excludes halogenated alkanes) is 1. The van der Waals surface area contributed by atoms with Crippen molar-refractivity contribution in [2.75, 3.05) is 19.0 Å². The molecule has 0 spiro atoms. The minimum absolute atomic E-state index is 0.0163. The molecule has 2 atom stereocenters. The molecule has 0 radical (unpaired) electrons. The van der Waals surface area contributed by atoms with Crippen LogP contribution in [0.15, 0.2) is 200 Å². The number of anilines is 1. The van der Waals surface area contributed by atoms with Gasteiger partial charge in [-0.05, 0) is 95.6 Å². The van der Waals surface area contributed by atoms with Gasteiger partial charge in [0.2, 0.25) is 11.8 Å². The number of carbonyl (C=O) groups excluding carboxylic acids is 4. The number of ether oxygens (including phenoxy) is 4. The average Bonchev–Trinajstić information content (AvgIpc) is 3.40. The van der Waals surface area contributed by atoms with Crippen molar-refractivity contribution in [1.29, 1.82) is 0 Å². The first-order chi connectivity index (χ1) is 33.8. The van der Waals surface area contributed by atoms with Crippen LogP contribution in [0.25, 0.3) is 0 Å². The SMILES string of the molecule is COc1ccc(C(NCCCC[C@H](NC(=O)[C@H](Cc2ccccc2)NC(=O)OCc2ccccc2)C(=O)Nc2ccc(COC(=O)Oc3ccccc3)cc2)(c2ccccc2)c2ccccc2)cc1. The highest BCUT2D eigenvalue weighted by atomic mass is 16.7. The summed E-state index contributed by atoms with van der Waals surface area (Å²) in [5.74, 6) is 0.120. The zero-order valence-electron chi connectivity index (χ0n) is 38.4. The molecule has 7 aromatic carbocycles. The molecule has 352 valence electrons. The number of methoxy groups -OCH3 is 1. The van der Waals surface area contributed by atoms with Crippen molar-refractivity contribution in [1.82, 2.24) is 16.0 Å². The van der Waals surface area contributed by atoms with Gasteiger partial charge in [0.1, 0.15) is 36.8 Å². The second kappa shape index (κ2) is 25.1. The molecule has 7 rings (SSSR count). The highest BCUT2D eigenvalue weighted by Crippen LogP contribution is 2.37. The summed E-state index contributed by atoms with van der Waals surface area (Å²) in [6.45, 7) is 0.513. The van der Waals surface area contributed by atoms with Gasteiger partial charge in [0.15, 0.2) is 0 Å². The van der Waals surface area contributed by atoms with Crippen molar-refractivity contribution in [3.8, 4) is 11.5 Å². The summed E-state index contributed by atoms with van der Waals surface area (Å²) in [5.41, 5.74) is 5.13. The highest BCUT2D eigenvalue weighted by Gasteiger charge is 2.36. The molecule has 7 aromatic rings. The molecular formula is C57H56N4O8. The molecule has 0 unspecified atom stereocenters. The summed E-state index contributed by atoms with van der Waals surface area (Å²) in [7, 11) is 1.65. The molecule has 0 aliphatic rings. The fourth-order valence-electron chi connectivity index (χ4n) is 7.95. The summed E-state index contributed by atoms with van der Waals surface area (Å²) in [5, 5.41) is 12.6. The number of benzene rings is 7. The number of hydrogen-bond acceptors (Lipinski definition) is 9. The molecule has 0 saturated carbocycles. The van der Waals surface area contributed by atoms with Crippen LogP contribution in [-0.4, -0.2) is 49.8 Å². The van der Waals surface area contributed by atoms with Gasteiger partial charge in [-0.2, -0.15) is 0 Å². The van der Waals surface area contributed by atoms with Gasteiger partial charge < -0.3 is 34.9 Å². The van der Waals surface area contributed by atoms with Gasteiger partial charge >= 0.3 is 12.2 Å². The Labute approximate surface area is 403 Å². The molecular weight excluding hydrogens is 869 g/mol. The van der Waals surface area contributed by atoms with Gasteiger partial charge in [-0.25, -0.2) is 9.59 Å². The van der Waals surface area contributed by atoms with Crippen molar-refractivity contribution in [3.63, 3.8) is 0 Å². The zero-order chi connectivity index (χ0) is 48.1. The van der Waals surface area contributed by atoms with E-state index in [0.717, 1.165) is 33.6 Å². The Bertz CT molecular complexity index is 2630. The van der Waals surface area contributed by atoms with Crippen LogP contribution >= 0.6 is 0 Å². The number of para-hydroxylation sites is 1. The van der Waals surface area contributed by atoms with Crippen molar-refractivity contribution in [2.24, 2.45) is 0 Å². The number of amides is 3. The van der Waals surface area contributed by atoms with Gasteiger partial charge in [-0.3, -0.25) is 14.9 Å². The van der Waals surface area contributed by atoms with Crippen LogP contribution in [-0.2, 0) is 44.2 Å². The molecule has 3 amide bonds. The van der Waals surface area contributed by atoms with E-state index in [2.05, 4.69) is 57.7 Å². The van der Waals surface area contributed by atoms with E-state index in [0.29, 0.717) is 36.4 Å². The fourth-order valence-corrected chi connectivity index (χ4v) is 7.95. The second-order valence-electron chi connectivity index (χ2n) is 16.3. The maximum absolute atomic E-state index is 14.3. The summed E-state index contributed by atoms with van der Waals surface area (Å²) in [4.78, 5) is 54.1. The molecule has 0 aromatic heterocycles. The van der Waals surface area contributed by atoms with Crippen LogP contribution in [0.4, 0.5) is 15.3 Å². The lowest BCUT2D eigenvalue weighted by Crippen LogP contribution is -2.53. The number of alkyl carbamates (subject to hydrolysis) is 1. The van der Waals surface area contributed by atoms with Gasteiger partial charge in [0.05, 0.1) is 12.6 Å². The molecule has 69 heavy (non-hydrogen) atoms. The van der Waals surface area contributed by atoms with Crippen molar-refractivity contribution in [3.05, 3.63) is 234 Å². The molecule has 0 aliphatic heterocycles. The lowest BCUT2D eigenvalue weighted by atomic mass is 9.77. The standard InChI is InChI=1S/C57H56N4O8/c1-66-49-36-32-47(33-37-49)57(45-23-11-4-12-24-45,46-25-13-5-14-26-46)58-38-18-17-29-51(53(62)59-48-34-30-44(31-35-48)41-68-56(65)69-50-27-15-6-16-28-50)60-54(63)52(39-42-19-7-2-8-20-42)61-55(64)67-40-43-21-9-3-10-22-43/h2-16,19-28,30-37,51-52,58H,17-18,29,38-41H2,1H3,(H,59,62)(H,60,63)(H,61,64)/t51-,52-/m0/s1. The average molecular weight is 925 g/mol. The minimum Gasteiger partial charge on any atom is -0.497 e. The largest absolute Gasteiger partial charge is 0.514 e. The summed E-state index contributed by atoms with van der Waals surface area (Å²) in [6.07, 6.45) is -0.00727. The van der Waals surface area contributed by atoms with Gasteiger partial charge in [0.25, 0.3) is 0 Å². The Balaban J connectivity index is 1.07. The van der Waals surface area contributed by atoms with E-state index in [1.54, 1.807) is 55.6 Å². The van der Waals surface area contributed by atoms with E-state index >= 15 is 0 Å². The van der Waals surface area contributed by atoms with E-state index in [9.17, 15) is 19.2 Å². The first-order valence-electron chi connectivity index (χ1n) is 22.9. The first kappa shape index (κ1) is 48.7. The summed E-state index contributed by atoms with van der Waals surface area (Å²) in [6, 6.07) is 60.5. The lowest BCUT2D eigenvalue weighted by Gasteiger charge is -2.37. The van der Waals surface area contributed by atoms with Crippen LogP contribution in [0.1, 0.15) is 52.6 Å². The van der Waals surface area contributed by atoms with E-state index in [-0.39, 0.29) is 26.1 Å². The molecule has 0 heterocycles. The van der Waals surface area contributed by atoms with E-state index in [1.165, 1.54) is 0 Å². The Morgan fingerprint density at radius 2 is 1.01 bits per heavy atom. The number of rotatable bonds is 22. The summed E-state index contributed by atoms with van der Waals surface area (Å²) < 4.78 is 21.5. The van der Waals surface area contributed by atoms with E-state index in [1.807, 2.05) is 115 Å². The van der Waals surface area contributed by atoms with Crippen LogP contribution < -0.4 is 30.7 Å². The normalized spacial score (nSPS) is 11.8. The Morgan fingerprint density at radius 1 is 0.493 bits per heavy atom. The number of carbonyl (C=O) groups is 4. The molecule has 12 heteroatoms. The van der Waals surface area contributed by atoms with Crippen molar-refractivity contribution < 1.29 is 38.1 Å². The maximum atomic E-state index is 14.3. The molecule has 0 aliphatic carbocycles. The molecule has 0 bridgehead atoms. The van der Waals surface area contributed by atoms with Crippen LogP contribution in [0.3, 0.4) is 0 Å². The van der Waals surface area contributed by atoms with Crippen LogP contribution in [0, 0.1) is 0 Å². The van der Waals surface area contributed by atoms with E-state index in [4.69, 9.17) is 18.9 Å². The Kier molecular flexibility index (Phi) is 17.7. The number of nitrogens with one attached hydrogen (secondary N) is 4. The van der Waals surface area contributed by atoms with Crippen LogP contribution in [0.5, 0.6) is 11.5 Å². The lowest BCUT2D eigenvalue weighted by molar-refractivity contribution is -0.128. The van der Waals surface area contributed by atoms with Crippen molar-refractivity contribution >= 4 is 29.8 Å². The van der Waals surface area contributed by atoms with Gasteiger partial charge in [0, 0.05) is 12.1 Å². The zero-order valence-corrected chi connectivity index (χ0v) is 38.4. The smallest absolute Gasteiger partial charge is 0.497 e. The highest BCUT2D eigenvalue weighted by molar-refractivity contribution is 5.98. The topological polar surface area (TPSA) is 153 Å². The predicted molar refractivity (Wildman–Crippen MR) is 266 cm³/mol. The Morgan fingerprint density at radius 3 is 1.61 bits per heavy atom. The third-order valence-corrected chi connectivity index (χ3v) is 11.5. The third kappa shape index (κ3) is 14.1. The molecule has 0 saturated heterocycles. The van der Waals surface area contributed by atoms with Gasteiger partial charge in [-0.15, -0.1) is 0 Å². The maximum Gasteiger partial charge on any atom is 0.514 e. The monoisotopic (exact) mass is 924 g/mol. The molecule has 12 nitrogen and oxygen atoms in total. The van der Waals surface area contributed by atoms with Crippen LogP contribution in [0.2, 0.25) is 0 Å². The van der Waals surface area contributed by atoms with Gasteiger partial charge in [-0.1, -0.05) is 164 Å². The Hall–Kier alpha value is -8.22. The van der Waals surface area contributed by atoms with Crippen molar-refractivity contribution in [2.45, 2.75) is 56.5 Å². The molecule has 4 N–H and O–H groups in total. The molecule has 0 fully saturated rings. The quantitative estimate of drug-likeness (QED) is 0.0225.